The molecule has 1 atom stereocenters. The molecule has 0 bridgehead atoms. The normalized spacial score (nSPS) is 16.2. The number of anilines is 1. The smallest absolute Gasteiger partial charge is 0.318 e. The fourth-order valence-electron chi connectivity index (χ4n) is 3.06. The van der Waals surface area contributed by atoms with E-state index in [-0.39, 0.29) is 11.9 Å². The fraction of sp³-hybridized carbons (Fsp3) is 0.300. The van der Waals surface area contributed by atoms with Gasteiger partial charge in [-0.05, 0) is 42.7 Å². The monoisotopic (exact) mass is 353 g/mol. The van der Waals surface area contributed by atoms with E-state index in [0.717, 1.165) is 17.7 Å². The highest BCUT2D eigenvalue weighted by Gasteiger charge is 2.34. The molecule has 1 aliphatic heterocycles. The van der Waals surface area contributed by atoms with E-state index in [0.29, 0.717) is 25.2 Å². The van der Waals surface area contributed by atoms with Crippen molar-refractivity contribution in [3.8, 4) is 5.75 Å². The van der Waals surface area contributed by atoms with Crippen molar-refractivity contribution in [1.29, 1.82) is 0 Å². The van der Waals surface area contributed by atoms with E-state index in [1.807, 2.05) is 30.3 Å². The Bertz CT molecular complexity index is 747. The molecule has 0 unspecified atom stereocenters. The highest BCUT2D eigenvalue weighted by atomic mass is 16.5. The quantitative estimate of drug-likeness (QED) is 0.868. The maximum absolute atomic E-state index is 12.6. The molecule has 1 heterocycles. The SMILES string of the molecule is COc1ccc(NC(=O)[C@H]2CCCN2C(=O)NCc2ccccc2)cc1. The minimum absolute atomic E-state index is 0.164. The molecule has 2 aromatic rings. The van der Waals surface area contributed by atoms with Crippen LogP contribution in [-0.4, -0.2) is 36.5 Å². The highest BCUT2D eigenvalue weighted by Crippen LogP contribution is 2.21. The molecule has 2 N–H and O–H groups in total. The lowest BCUT2D eigenvalue weighted by Gasteiger charge is -2.24. The summed E-state index contributed by atoms with van der Waals surface area (Å²) in [5.74, 6) is 0.563. The molecule has 26 heavy (non-hydrogen) atoms. The van der Waals surface area contributed by atoms with Crippen LogP contribution >= 0.6 is 0 Å². The Morgan fingerprint density at radius 2 is 1.85 bits per heavy atom. The standard InChI is InChI=1S/C20H23N3O3/c1-26-17-11-9-16(10-12-17)22-19(24)18-8-5-13-23(18)20(25)21-14-15-6-3-2-4-7-15/h2-4,6-7,9-12,18H,5,8,13-14H2,1H3,(H,21,25)(H,22,24)/t18-/m1/s1. The van der Waals surface area contributed by atoms with E-state index in [4.69, 9.17) is 4.74 Å². The molecular formula is C20H23N3O3. The molecule has 0 aromatic heterocycles. The van der Waals surface area contributed by atoms with Gasteiger partial charge in [-0.1, -0.05) is 30.3 Å². The Balaban J connectivity index is 1.57. The predicted molar refractivity (Wildman–Crippen MR) is 100 cm³/mol. The zero-order valence-corrected chi connectivity index (χ0v) is 14.8. The first kappa shape index (κ1) is 17.8. The second kappa shape index (κ2) is 8.38. The summed E-state index contributed by atoms with van der Waals surface area (Å²) in [5, 5.41) is 5.77. The molecule has 0 radical (unpaired) electrons. The van der Waals surface area contributed by atoms with Gasteiger partial charge < -0.3 is 20.3 Å². The molecule has 0 spiro atoms. The van der Waals surface area contributed by atoms with Crippen LogP contribution in [0, 0.1) is 0 Å². The number of ether oxygens (including phenoxy) is 1. The van der Waals surface area contributed by atoms with Crippen molar-refractivity contribution in [1.82, 2.24) is 10.2 Å². The number of methoxy groups -OCH3 is 1. The van der Waals surface area contributed by atoms with Gasteiger partial charge in [0, 0.05) is 18.8 Å². The number of likely N-dealkylation sites (tertiary alicyclic amines) is 1. The summed E-state index contributed by atoms with van der Waals surface area (Å²) in [6.07, 6.45) is 1.49. The minimum atomic E-state index is -0.451. The molecule has 136 valence electrons. The minimum Gasteiger partial charge on any atom is -0.497 e. The first-order chi connectivity index (χ1) is 12.7. The van der Waals surface area contributed by atoms with Gasteiger partial charge in [0.1, 0.15) is 11.8 Å². The largest absolute Gasteiger partial charge is 0.497 e. The van der Waals surface area contributed by atoms with Gasteiger partial charge in [-0.2, -0.15) is 0 Å². The summed E-state index contributed by atoms with van der Waals surface area (Å²) in [7, 11) is 1.60. The van der Waals surface area contributed by atoms with Gasteiger partial charge in [-0.15, -0.1) is 0 Å². The van der Waals surface area contributed by atoms with Gasteiger partial charge in [0.05, 0.1) is 7.11 Å². The number of amides is 3. The fourth-order valence-corrected chi connectivity index (χ4v) is 3.06. The van der Waals surface area contributed by atoms with Gasteiger partial charge in [0.15, 0.2) is 0 Å². The number of carbonyl (C=O) groups excluding carboxylic acids is 2. The van der Waals surface area contributed by atoms with Crippen molar-refractivity contribution in [3.63, 3.8) is 0 Å². The number of benzene rings is 2. The van der Waals surface area contributed by atoms with Crippen molar-refractivity contribution < 1.29 is 14.3 Å². The lowest BCUT2D eigenvalue weighted by atomic mass is 10.2. The van der Waals surface area contributed by atoms with Gasteiger partial charge in [-0.25, -0.2) is 4.79 Å². The molecule has 3 rings (SSSR count). The van der Waals surface area contributed by atoms with Crippen LogP contribution in [-0.2, 0) is 11.3 Å². The summed E-state index contributed by atoms with van der Waals surface area (Å²) in [6, 6.07) is 16.2. The Morgan fingerprint density at radius 3 is 2.54 bits per heavy atom. The number of hydrogen-bond donors (Lipinski definition) is 2. The third kappa shape index (κ3) is 4.33. The Hall–Kier alpha value is -3.02. The second-order valence-electron chi connectivity index (χ2n) is 6.21. The second-order valence-corrected chi connectivity index (χ2v) is 6.21. The van der Waals surface area contributed by atoms with E-state index in [1.165, 1.54) is 0 Å². The zero-order chi connectivity index (χ0) is 18.4. The zero-order valence-electron chi connectivity index (χ0n) is 14.8. The molecule has 0 saturated carbocycles. The lowest BCUT2D eigenvalue weighted by Crippen LogP contribution is -2.47. The van der Waals surface area contributed by atoms with Gasteiger partial charge >= 0.3 is 6.03 Å². The van der Waals surface area contributed by atoms with Crippen LogP contribution in [0.4, 0.5) is 10.5 Å². The number of nitrogens with one attached hydrogen (secondary N) is 2. The third-order valence-corrected chi connectivity index (χ3v) is 4.46. The Kier molecular flexibility index (Phi) is 5.73. The van der Waals surface area contributed by atoms with Crippen LogP contribution in [0.25, 0.3) is 0 Å². The van der Waals surface area contributed by atoms with Crippen molar-refractivity contribution >= 4 is 17.6 Å². The summed E-state index contributed by atoms with van der Waals surface area (Å²) < 4.78 is 5.11. The van der Waals surface area contributed by atoms with E-state index >= 15 is 0 Å². The summed E-state index contributed by atoms with van der Waals surface area (Å²) >= 11 is 0. The molecule has 3 amide bonds. The van der Waals surface area contributed by atoms with Crippen molar-refractivity contribution in [3.05, 3.63) is 60.2 Å². The van der Waals surface area contributed by atoms with Crippen molar-refractivity contribution in [2.45, 2.75) is 25.4 Å². The number of urea groups is 1. The topological polar surface area (TPSA) is 70.7 Å². The van der Waals surface area contributed by atoms with Crippen LogP contribution in [0.1, 0.15) is 18.4 Å². The Labute approximate surface area is 153 Å². The van der Waals surface area contributed by atoms with Gasteiger partial charge in [-0.3, -0.25) is 4.79 Å². The first-order valence-electron chi connectivity index (χ1n) is 8.70. The highest BCUT2D eigenvalue weighted by molar-refractivity contribution is 5.97. The van der Waals surface area contributed by atoms with Crippen LogP contribution in [0.5, 0.6) is 5.75 Å². The van der Waals surface area contributed by atoms with Crippen LogP contribution in [0.2, 0.25) is 0 Å². The molecule has 0 aliphatic carbocycles. The maximum Gasteiger partial charge on any atom is 0.318 e. The molecule has 6 heteroatoms. The Morgan fingerprint density at radius 1 is 1.12 bits per heavy atom. The maximum atomic E-state index is 12.6. The molecule has 1 saturated heterocycles. The number of carbonyl (C=O) groups is 2. The van der Waals surface area contributed by atoms with Crippen molar-refractivity contribution in [2.24, 2.45) is 0 Å². The number of nitrogens with zero attached hydrogens (tertiary/aromatic N) is 1. The molecular weight excluding hydrogens is 330 g/mol. The number of hydrogen-bond acceptors (Lipinski definition) is 3. The molecule has 1 fully saturated rings. The van der Waals surface area contributed by atoms with E-state index in [1.54, 1.807) is 36.3 Å². The average molecular weight is 353 g/mol. The van der Waals surface area contributed by atoms with Gasteiger partial charge in [0.25, 0.3) is 0 Å². The van der Waals surface area contributed by atoms with Gasteiger partial charge in [0.2, 0.25) is 5.91 Å². The number of rotatable bonds is 5. The first-order valence-corrected chi connectivity index (χ1v) is 8.70. The van der Waals surface area contributed by atoms with Crippen LogP contribution in [0.3, 0.4) is 0 Å². The molecule has 2 aromatic carbocycles. The summed E-state index contributed by atoms with van der Waals surface area (Å²) in [4.78, 5) is 26.7. The molecule has 6 nitrogen and oxygen atoms in total. The van der Waals surface area contributed by atoms with E-state index in [2.05, 4.69) is 10.6 Å². The van der Waals surface area contributed by atoms with Crippen LogP contribution < -0.4 is 15.4 Å². The van der Waals surface area contributed by atoms with E-state index < -0.39 is 6.04 Å². The van der Waals surface area contributed by atoms with E-state index in [9.17, 15) is 9.59 Å². The summed E-state index contributed by atoms with van der Waals surface area (Å²) in [5.41, 5.74) is 1.71. The lowest BCUT2D eigenvalue weighted by molar-refractivity contribution is -0.119. The average Bonchev–Trinajstić information content (AvgIpc) is 3.17. The summed E-state index contributed by atoms with van der Waals surface area (Å²) in [6.45, 7) is 1.03. The third-order valence-electron chi connectivity index (χ3n) is 4.46. The molecule has 1 aliphatic rings. The van der Waals surface area contributed by atoms with Crippen molar-refractivity contribution in [2.75, 3.05) is 19.0 Å². The van der Waals surface area contributed by atoms with Crippen LogP contribution in [0.15, 0.2) is 54.6 Å². The predicted octanol–water partition coefficient (Wildman–Crippen LogP) is 3.01.